The molecule has 1 aliphatic heterocycles. The Morgan fingerprint density at radius 3 is 2.35 bits per heavy atom. The summed E-state index contributed by atoms with van der Waals surface area (Å²) in [6.07, 6.45) is 0.320. The first-order chi connectivity index (χ1) is 12.7. The Bertz CT molecular complexity index is 952. The molecule has 0 aliphatic carbocycles. The number of fused-ring (bicyclic) bond motifs is 1. The highest BCUT2D eigenvalue weighted by molar-refractivity contribution is 6.07. The van der Waals surface area contributed by atoms with Crippen LogP contribution in [0.5, 0.6) is 0 Å². The Labute approximate surface area is 152 Å². The van der Waals surface area contributed by atoms with Gasteiger partial charge in [0.2, 0.25) is 5.91 Å². The van der Waals surface area contributed by atoms with Gasteiger partial charge in [0.15, 0.2) is 0 Å². The molecule has 128 valence electrons. The smallest absolute Gasteiger partial charge is 0.258 e. The average Bonchev–Trinajstić information content (AvgIpc) is 3.06. The van der Waals surface area contributed by atoms with Crippen LogP contribution in [0.15, 0.2) is 78.9 Å². The predicted molar refractivity (Wildman–Crippen MR) is 102 cm³/mol. The number of carbonyl (C=O) groups is 2. The maximum Gasteiger partial charge on any atom is 0.258 e. The molecule has 1 aliphatic rings. The SMILES string of the molecule is O=C1Cc2cc(C(=O)N(Cc3ccccc3)c3ccccc3)ccc2N1. The fourth-order valence-electron chi connectivity index (χ4n) is 3.17. The first-order valence-corrected chi connectivity index (χ1v) is 8.54. The third kappa shape index (κ3) is 3.22. The van der Waals surface area contributed by atoms with Gasteiger partial charge in [-0.3, -0.25) is 9.59 Å². The maximum absolute atomic E-state index is 13.3. The molecule has 0 bridgehead atoms. The van der Waals surface area contributed by atoms with Crippen LogP contribution in [0.1, 0.15) is 21.5 Å². The molecule has 4 nitrogen and oxygen atoms in total. The van der Waals surface area contributed by atoms with Crippen LogP contribution in [-0.2, 0) is 17.8 Å². The lowest BCUT2D eigenvalue weighted by Gasteiger charge is -2.23. The summed E-state index contributed by atoms with van der Waals surface area (Å²) in [6.45, 7) is 0.484. The van der Waals surface area contributed by atoms with Gasteiger partial charge in [-0.25, -0.2) is 0 Å². The molecule has 0 spiro atoms. The van der Waals surface area contributed by atoms with Crippen LogP contribution in [-0.4, -0.2) is 11.8 Å². The van der Waals surface area contributed by atoms with E-state index in [-0.39, 0.29) is 11.8 Å². The zero-order chi connectivity index (χ0) is 17.9. The van der Waals surface area contributed by atoms with Crippen molar-refractivity contribution in [2.45, 2.75) is 13.0 Å². The Balaban J connectivity index is 1.68. The summed E-state index contributed by atoms with van der Waals surface area (Å²) < 4.78 is 0. The van der Waals surface area contributed by atoms with Gasteiger partial charge in [0.25, 0.3) is 5.91 Å². The van der Waals surface area contributed by atoms with Crippen LogP contribution in [0.3, 0.4) is 0 Å². The molecule has 0 saturated heterocycles. The van der Waals surface area contributed by atoms with E-state index in [0.717, 1.165) is 22.5 Å². The second-order valence-corrected chi connectivity index (χ2v) is 6.31. The summed E-state index contributed by atoms with van der Waals surface area (Å²) in [5.41, 5.74) is 4.15. The summed E-state index contributed by atoms with van der Waals surface area (Å²) in [5, 5.41) is 2.80. The predicted octanol–water partition coefficient (Wildman–Crippen LogP) is 4.03. The monoisotopic (exact) mass is 342 g/mol. The molecule has 26 heavy (non-hydrogen) atoms. The fourth-order valence-corrected chi connectivity index (χ4v) is 3.17. The molecule has 4 rings (SSSR count). The Hall–Kier alpha value is -3.40. The first kappa shape index (κ1) is 16.1. The number of rotatable bonds is 4. The van der Waals surface area contributed by atoms with Gasteiger partial charge in [-0.1, -0.05) is 48.5 Å². The van der Waals surface area contributed by atoms with Gasteiger partial charge in [-0.2, -0.15) is 0 Å². The van der Waals surface area contributed by atoms with Crippen molar-refractivity contribution in [2.24, 2.45) is 0 Å². The molecule has 0 unspecified atom stereocenters. The van der Waals surface area contributed by atoms with Gasteiger partial charge >= 0.3 is 0 Å². The third-order valence-corrected chi connectivity index (χ3v) is 4.47. The summed E-state index contributed by atoms with van der Waals surface area (Å²) in [5.74, 6) is -0.115. The van der Waals surface area contributed by atoms with E-state index in [1.165, 1.54) is 0 Å². The van der Waals surface area contributed by atoms with E-state index in [1.54, 1.807) is 17.0 Å². The Morgan fingerprint density at radius 1 is 0.923 bits per heavy atom. The number of para-hydroxylation sites is 1. The molecular weight excluding hydrogens is 324 g/mol. The van der Waals surface area contributed by atoms with Crippen molar-refractivity contribution in [3.63, 3.8) is 0 Å². The summed E-state index contributed by atoms with van der Waals surface area (Å²) in [4.78, 5) is 26.6. The zero-order valence-electron chi connectivity index (χ0n) is 14.2. The number of carbonyl (C=O) groups excluding carboxylic acids is 2. The Kier molecular flexibility index (Phi) is 4.23. The second kappa shape index (κ2) is 6.84. The minimum atomic E-state index is -0.0813. The zero-order valence-corrected chi connectivity index (χ0v) is 14.2. The van der Waals surface area contributed by atoms with E-state index in [1.807, 2.05) is 66.7 Å². The summed E-state index contributed by atoms with van der Waals surface area (Å²) in [6, 6.07) is 24.9. The van der Waals surface area contributed by atoms with E-state index >= 15 is 0 Å². The molecular formula is C22H18N2O2. The largest absolute Gasteiger partial charge is 0.326 e. The summed E-state index contributed by atoms with van der Waals surface area (Å²) in [7, 11) is 0. The van der Waals surface area contributed by atoms with E-state index in [4.69, 9.17) is 0 Å². The number of nitrogens with one attached hydrogen (secondary N) is 1. The highest BCUT2D eigenvalue weighted by Gasteiger charge is 2.22. The summed E-state index contributed by atoms with van der Waals surface area (Å²) >= 11 is 0. The molecule has 0 radical (unpaired) electrons. The van der Waals surface area contributed by atoms with Gasteiger partial charge in [0, 0.05) is 16.9 Å². The molecule has 0 fully saturated rings. The average molecular weight is 342 g/mol. The van der Waals surface area contributed by atoms with Crippen molar-refractivity contribution in [3.8, 4) is 0 Å². The lowest BCUT2D eigenvalue weighted by atomic mass is 10.1. The highest BCUT2D eigenvalue weighted by Crippen LogP contribution is 2.26. The first-order valence-electron chi connectivity index (χ1n) is 8.54. The van der Waals surface area contributed by atoms with Gasteiger partial charge in [0.1, 0.15) is 0 Å². The van der Waals surface area contributed by atoms with E-state index in [9.17, 15) is 9.59 Å². The molecule has 1 heterocycles. The minimum absolute atomic E-state index is 0.0335. The van der Waals surface area contributed by atoms with Crippen molar-refractivity contribution >= 4 is 23.2 Å². The molecule has 0 aromatic heterocycles. The van der Waals surface area contributed by atoms with Gasteiger partial charge in [-0.05, 0) is 41.5 Å². The molecule has 0 saturated carbocycles. The van der Waals surface area contributed by atoms with Crippen molar-refractivity contribution in [2.75, 3.05) is 10.2 Å². The van der Waals surface area contributed by atoms with Crippen LogP contribution in [0.2, 0.25) is 0 Å². The normalized spacial score (nSPS) is 12.4. The Morgan fingerprint density at radius 2 is 1.62 bits per heavy atom. The molecule has 3 aromatic carbocycles. The number of nitrogens with zero attached hydrogens (tertiary/aromatic N) is 1. The van der Waals surface area contributed by atoms with Crippen LogP contribution < -0.4 is 10.2 Å². The standard InChI is InChI=1S/C22H18N2O2/c25-21-14-18-13-17(11-12-20(18)23-21)22(26)24(19-9-5-2-6-10-19)15-16-7-3-1-4-8-16/h1-13H,14-15H2,(H,23,25). The third-order valence-electron chi connectivity index (χ3n) is 4.47. The second-order valence-electron chi connectivity index (χ2n) is 6.31. The fraction of sp³-hybridized carbons (Fsp3) is 0.0909. The van der Waals surface area contributed by atoms with Crippen LogP contribution in [0.25, 0.3) is 0 Å². The highest BCUT2D eigenvalue weighted by atomic mass is 16.2. The molecule has 1 N–H and O–H groups in total. The van der Waals surface area contributed by atoms with E-state index in [0.29, 0.717) is 18.5 Å². The lowest BCUT2D eigenvalue weighted by molar-refractivity contribution is -0.115. The topological polar surface area (TPSA) is 49.4 Å². The minimum Gasteiger partial charge on any atom is -0.326 e. The molecule has 3 aromatic rings. The van der Waals surface area contributed by atoms with Crippen molar-refractivity contribution in [1.82, 2.24) is 0 Å². The van der Waals surface area contributed by atoms with E-state index in [2.05, 4.69) is 5.32 Å². The number of benzene rings is 3. The van der Waals surface area contributed by atoms with Crippen LogP contribution in [0.4, 0.5) is 11.4 Å². The maximum atomic E-state index is 13.3. The van der Waals surface area contributed by atoms with Crippen molar-refractivity contribution in [1.29, 1.82) is 0 Å². The van der Waals surface area contributed by atoms with Crippen LogP contribution >= 0.6 is 0 Å². The molecule has 0 atom stereocenters. The number of hydrogen-bond donors (Lipinski definition) is 1. The van der Waals surface area contributed by atoms with Gasteiger partial charge in [0.05, 0.1) is 13.0 Å². The quantitative estimate of drug-likeness (QED) is 0.778. The van der Waals surface area contributed by atoms with Crippen molar-refractivity contribution < 1.29 is 9.59 Å². The van der Waals surface area contributed by atoms with E-state index < -0.39 is 0 Å². The molecule has 2 amide bonds. The van der Waals surface area contributed by atoms with Crippen LogP contribution in [0, 0.1) is 0 Å². The van der Waals surface area contributed by atoms with Gasteiger partial charge in [-0.15, -0.1) is 0 Å². The number of hydrogen-bond acceptors (Lipinski definition) is 2. The van der Waals surface area contributed by atoms with Crippen molar-refractivity contribution in [3.05, 3.63) is 95.6 Å². The number of anilines is 2. The lowest BCUT2D eigenvalue weighted by Crippen LogP contribution is -2.30. The number of amides is 2. The van der Waals surface area contributed by atoms with Gasteiger partial charge < -0.3 is 10.2 Å². The molecule has 4 heteroatoms.